The number of fused-ring (bicyclic) bond motifs is 1. The molecule has 3 nitrogen and oxygen atoms in total. The van der Waals surface area contributed by atoms with Gasteiger partial charge in [-0.25, -0.2) is 4.98 Å². The van der Waals surface area contributed by atoms with Gasteiger partial charge in [-0.2, -0.15) is 0 Å². The van der Waals surface area contributed by atoms with E-state index in [1.165, 1.54) is 0 Å². The van der Waals surface area contributed by atoms with Gasteiger partial charge in [-0.1, -0.05) is 54.6 Å². The van der Waals surface area contributed by atoms with E-state index in [1.807, 2.05) is 78.9 Å². The number of hydrogen-bond acceptors (Lipinski definition) is 2. The maximum Gasteiger partial charge on any atom is 0.264 e. The van der Waals surface area contributed by atoms with Crippen molar-refractivity contribution >= 4 is 29.1 Å². The predicted octanol–water partition coefficient (Wildman–Crippen LogP) is 4.30. The number of anilines is 2. The lowest BCUT2D eigenvalue weighted by molar-refractivity contribution is -0.112. The molecule has 3 heteroatoms. The SMILES string of the molecule is O=C1C(=Cc2ccccc2)c2ccccc2N1c1ccccn1. The Morgan fingerprint density at radius 3 is 2.35 bits per heavy atom. The van der Waals surface area contributed by atoms with Crippen LogP contribution in [0.15, 0.2) is 79.0 Å². The largest absolute Gasteiger partial charge is 0.268 e. The van der Waals surface area contributed by atoms with E-state index in [0.29, 0.717) is 11.4 Å². The molecular formula is C20H14N2O. The van der Waals surface area contributed by atoms with E-state index < -0.39 is 0 Å². The van der Waals surface area contributed by atoms with E-state index in [-0.39, 0.29) is 5.91 Å². The van der Waals surface area contributed by atoms with Gasteiger partial charge in [0.25, 0.3) is 5.91 Å². The average Bonchev–Trinajstić information content (AvgIpc) is 2.89. The molecule has 0 atom stereocenters. The van der Waals surface area contributed by atoms with Gasteiger partial charge in [0, 0.05) is 11.8 Å². The zero-order chi connectivity index (χ0) is 15.6. The van der Waals surface area contributed by atoms with Gasteiger partial charge in [-0.05, 0) is 29.8 Å². The normalized spacial score (nSPS) is 15.0. The Kier molecular flexibility index (Phi) is 3.24. The van der Waals surface area contributed by atoms with Crippen LogP contribution in [0.2, 0.25) is 0 Å². The van der Waals surface area contributed by atoms with E-state index in [2.05, 4.69) is 4.98 Å². The monoisotopic (exact) mass is 298 g/mol. The molecule has 23 heavy (non-hydrogen) atoms. The first-order valence-corrected chi connectivity index (χ1v) is 7.46. The Morgan fingerprint density at radius 1 is 0.826 bits per heavy atom. The summed E-state index contributed by atoms with van der Waals surface area (Å²) in [5.41, 5.74) is 3.51. The quantitative estimate of drug-likeness (QED) is 0.661. The first kappa shape index (κ1) is 13.5. The summed E-state index contributed by atoms with van der Waals surface area (Å²) in [7, 11) is 0. The summed E-state index contributed by atoms with van der Waals surface area (Å²) in [5, 5.41) is 0. The van der Waals surface area contributed by atoms with Crippen molar-refractivity contribution in [3.05, 3.63) is 90.1 Å². The van der Waals surface area contributed by atoms with Gasteiger partial charge in [0.05, 0.1) is 11.3 Å². The van der Waals surface area contributed by atoms with Crippen molar-refractivity contribution in [2.45, 2.75) is 0 Å². The van der Waals surface area contributed by atoms with Gasteiger partial charge < -0.3 is 0 Å². The molecule has 1 aliphatic heterocycles. The smallest absolute Gasteiger partial charge is 0.264 e. The van der Waals surface area contributed by atoms with Crippen LogP contribution in [0.5, 0.6) is 0 Å². The van der Waals surface area contributed by atoms with Crippen LogP contribution in [0.4, 0.5) is 11.5 Å². The second-order valence-electron chi connectivity index (χ2n) is 5.31. The topological polar surface area (TPSA) is 33.2 Å². The molecule has 0 bridgehead atoms. The molecule has 2 heterocycles. The van der Waals surface area contributed by atoms with Crippen LogP contribution >= 0.6 is 0 Å². The summed E-state index contributed by atoms with van der Waals surface area (Å²) in [5.74, 6) is 0.593. The van der Waals surface area contributed by atoms with E-state index in [4.69, 9.17) is 0 Å². The van der Waals surface area contributed by atoms with Crippen LogP contribution in [0.25, 0.3) is 11.6 Å². The van der Waals surface area contributed by atoms with Crippen LogP contribution in [0.1, 0.15) is 11.1 Å². The fraction of sp³-hybridized carbons (Fsp3) is 0. The maximum absolute atomic E-state index is 13.0. The summed E-state index contributed by atoms with van der Waals surface area (Å²) in [6, 6.07) is 23.3. The van der Waals surface area contributed by atoms with Crippen molar-refractivity contribution in [2.24, 2.45) is 0 Å². The fourth-order valence-corrected chi connectivity index (χ4v) is 2.81. The highest BCUT2D eigenvalue weighted by atomic mass is 16.2. The van der Waals surface area contributed by atoms with Crippen LogP contribution in [0.3, 0.4) is 0 Å². The second kappa shape index (κ2) is 5.54. The fourth-order valence-electron chi connectivity index (χ4n) is 2.81. The number of amides is 1. The van der Waals surface area contributed by atoms with Crippen molar-refractivity contribution in [1.29, 1.82) is 0 Å². The number of hydrogen-bond donors (Lipinski definition) is 0. The zero-order valence-corrected chi connectivity index (χ0v) is 12.4. The molecule has 0 fully saturated rings. The van der Waals surface area contributed by atoms with Gasteiger partial charge in [0.1, 0.15) is 5.82 Å². The van der Waals surface area contributed by atoms with Crippen molar-refractivity contribution in [2.75, 3.05) is 4.90 Å². The van der Waals surface area contributed by atoms with Crippen molar-refractivity contribution in [3.8, 4) is 0 Å². The lowest BCUT2D eigenvalue weighted by Gasteiger charge is -2.15. The summed E-state index contributed by atoms with van der Waals surface area (Å²) in [6.45, 7) is 0. The van der Waals surface area contributed by atoms with Crippen molar-refractivity contribution in [3.63, 3.8) is 0 Å². The number of carbonyl (C=O) groups is 1. The third kappa shape index (κ3) is 2.32. The minimum absolute atomic E-state index is 0.0475. The zero-order valence-electron chi connectivity index (χ0n) is 12.4. The predicted molar refractivity (Wildman–Crippen MR) is 92.1 cm³/mol. The average molecular weight is 298 g/mol. The number of para-hydroxylation sites is 1. The van der Waals surface area contributed by atoms with Crippen molar-refractivity contribution in [1.82, 2.24) is 4.98 Å². The van der Waals surface area contributed by atoms with E-state index in [9.17, 15) is 4.79 Å². The van der Waals surface area contributed by atoms with Crippen LogP contribution < -0.4 is 4.90 Å². The lowest BCUT2D eigenvalue weighted by atomic mass is 10.0. The molecule has 110 valence electrons. The molecule has 0 aliphatic carbocycles. The van der Waals surface area contributed by atoms with E-state index in [0.717, 1.165) is 16.8 Å². The summed E-state index contributed by atoms with van der Waals surface area (Å²) < 4.78 is 0. The van der Waals surface area contributed by atoms with Gasteiger partial charge in [0.2, 0.25) is 0 Å². The second-order valence-corrected chi connectivity index (χ2v) is 5.31. The highest BCUT2D eigenvalue weighted by molar-refractivity contribution is 6.37. The van der Waals surface area contributed by atoms with E-state index >= 15 is 0 Å². The number of carbonyl (C=O) groups excluding carboxylic acids is 1. The van der Waals surface area contributed by atoms with Crippen LogP contribution in [-0.2, 0) is 4.79 Å². The molecule has 4 rings (SSSR count). The first-order valence-electron chi connectivity index (χ1n) is 7.46. The van der Waals surface area contributed by atoms with Gasteiger partial charge >= 0.3 is 0 Å². The maximum atomic E-state index is 13.0. The number of rotatable bonds is 2. The number of aromatic nitrogens is 1. The highest BCUT2D eigenvalue weighted by Crippen LogP contribution is 2.41. The van der Waals surface area contributed by atoms with Crippen LogP contribution in [0, 0.1) is 0 Å². The molecule has 1 aromatic heterocycles. The first-order chi connectivity index (χ1) is 11.3. The third-order valence-corrected chi connectivity index (χ3v) is 3.86. The summed E-state index contributed by atoms with van der Waals surface area (Å²) in [4.78, 5) is 19.0. The Hall–Kier alpha value is -3.20. The molecule has 3 aromatic rings. The Balaban J connectivity index is 1.87. The van der Waals surface area contributed by atoms with Gasteiger partial charge in [-0.3, -0.25) is 9.69 Å². The Morgan fingerprint density at radius 2 is 1.57 bits per heavy atom. The summed E-state index contributed by atoms with van der Waals surface area (Å²) >= 11 is 0. The minimum atomic E-state index is -0.0475. The number of benzene rings is 2. The molecule has 0 saturated carbocycles. The number of nitrogens with zero attached hydrogens (tertiary/aromatic N) is 2. The Bertz CT molecular complexity index is 886. The van der Waals surface area contributed by atoms with Crippen molar-refractivity contribution < 1.29 is 4.79 Å². The molecule has 0 saturated heterocycles. The summed E-state index contributed by atoms with van der Waals surface area (Å²) in [6.07, 6.45) is 3.63. The Labute approximate surface area is 134 Å². The number of pyridine rings is 1. The molecule has 0 radical (unpaired) electrons. The highest BCUT2D eigenvalue weighted by Gasteiger charge is 2.33. The van der Waals surface area contributed by atoms with Crippen LogP contribution in [-0.4, -0.2) is 10.9 Å². The molecule has 0 unspecified atom stereocenters. The van der Waals surface area contributed by atoms with Gasteiger partial charge in [0.15, 0.2) is 0 Å². The molecule has 1 amide bonds. The van der Waals surface area contributed by atoms with Gasteiger partial charge in [-0.15, -0.1) is 0 Å². The standard InChI is InChI=1S/C20H14N2O/c23-20-17(14-15-8-2-1-3-9-15)16-10-4-5-11-18(16)22(20)19-12-6-7-13-21-19/h1-14H. The minimum Gasteiger partial charge on any atom is -0.268 e. The molecular weight excluding hydrogens is 284 g/mol. The molecule has 2 aromatic carbocycles. The third-order valence-electron chi connectivity index (χ3n) is 3.86. The lowest BCUT2D eigenvalue weighted by Crippen LogP contribution is -2.21. The molecule has 1 aliphatic rings. The molecule has 0 N–H and O–H groups in total. The molecule has 0 spiro atoms. The van der Waals surface area contributed by atoms with E-state index in [1.54, 1.807) is 11.1 Å².